The number of fused-ring (bicyclic) bond motifs is 1. The van der Waals surface area contributed by atoms with Gasteiger partial charge in [-0.25, -0.2) is 9.97 Å². The van der Waals surface area contributed by atoms with Crippen molar-refractivity contribution in [2.45, 2.75) is 6.04 Å². The van der Waals surface area contributed by atoms with Crippen LogP contribution in [0.1, 0.15) is 16.6 Å². The molecule has 1 atom stereocenters. The summed E-state index contributed by atoms with van der Waals surface area (Å²) < 4.78 is 1.07. The van der Waals surface area contributed by atoms with Crippen LogP contribution in [-0.4, -0.2) is 9.97 Å². The molecule has 0 radical (unpaired) electrons. The number of rotatable bonds is 3. The Labute approximate surface area is 136 Å². The summed E-state index contributed by atoms with van der Waals surface area (Å²) >= 11 is 3.36. The van der Waals surface area contributed by atoms with Gasteiger partial charge in [0.1, 0.15) is 6.33 Å². The van der Waals surface area contributed by atoms with Crippen molar-refractivity contribution in [1.82, 2.24) is 9.97 Å². The minimum absolute atomic E-state index is 0.201. The molecule has 0 fully saturated rings. The van der Waals surface area contributed by atoms with Crippen molar-refractivity contribution < 1.29 is 0 Å². The van der Waals surface area contributed by atoms with E-state index in [4.69, 9.17) is 5.73 Å². The van der Waals surface area contributed by atoms with Gasteiger partial charge in [-0.1, -0.05) is 36.4 Å². The molecule has 0 bridgehead atoms. The molecule has 2 N–H and O–H groups in total. The molecule has 5 heteroatoms. The highest BCUT2D eigenvalue weighted by molar-refractivity contribution is 7.22. The molecule has 1 aromatic carbocycles. The van der Waals surface area contributed by atoms with Gasteiger partial charge in [-0.05, 0) is 23.1 Å². The summed E-state index contributed by atoms with van der Waals surface area (Å²) in [6.45, 7) is 0. The van der Waals surface area contributed by atoms with Crippen LogP contribution in [0.15, 0.2) is 60.2 Å². The quantitative estimate of drug-likeness (QED) is 0.605. The molecule has 4 rings (SSSR count). The first kappa shape index (κ1) is 13.6. The third kappa shape index (κ3) is 2.33. The second kappa shape index (κ2) is 5.61. The third-order valence-electron chi connectivity index (χ3n) is 3.54. The van der Waals surface area contributed by atoms with Crippen LogP contribution < -0.4 is 5.73 Å². The Morgan fingerprint density at radius 1 is 1.00 bits per heavy atom. The molecule has 3 nitrogen and oxygen atoms in total. The summed E-state index contributed by atoms with van der Waals surface area (Å²) in [4.78, 5) is 11.2. The molecule has 0 spiro atoms. The highest BCUT2D eigenvalue weighted by Crippen LogP contribution is 2.36. The van der Waals surface area contributed by atoms with Crippen LogP contribution in [0.5, 0.6) is 0 Å². The molecule has 0 saturated heterocycles. The zero-order valence-electron chi connectivity index (χ0n) is 11.6. The second-order valence-electron chi connectivity index (χ2n) is 4.94. The van der Waals surface area contributed by atoms with Crippen molar-refractivity contribution in [3.05, 3.63) is 70.8 Å². The molecule has 3 aromatic heterocycles. The number of benzene rings is 1. The maximum Gasteiger partial charge on any atom is 0.116 e. The Morgan fingerprint density at radius 3 is 2.64 bits per heavy atom. The Bertz CT molecular complexity index is 898. The van der Waals surface area contributed by atoms with Gasteiger partial charge in [-0.15, -0.1) is 22.7 Å². The van der Waals surface area contributed by atoms with E-state index in [1.807, 2.05) is 29.6 Å². The Morgan fingerprint density at radius 2 is 1.86 bits per heavy atom. The van der Waals surface area contributed by atoms with Gasteiger partial charge in [0.25, 0.3) is 0 Å². The highest BCUT2D eigenvalue weighted by atomic mass is 32.1. The van der Waals surface area contributed by atoms with Gasteiger partial charge >= 0.3 is 0 Å². The summed E-state index contributed by atoms with van der Waals surface area (Å²) in [7, 11) is 0. The van der Waals surface area contributed by atoms with Crippen molar-refractivity contribution >= 4 is 32.9 Å². The van der Waals surface area contributed by atoms with Crippen molar-refractivity contribution in [3.8, 4) is 10.4 Å². The zero-order chi connectivity index (χ0) is 14.9. The molecule has 22 heavy (non-hydrogen) atoms. The van der Waals surface area contributed by atoms with Gasteiger partial charge in [0, 0.05) is 9.75 Å². The standard InChI is InChI=1S/C17H13N3S2/c18-15(13-7-4-8-21-13)16-17-12(19-10-20-16)9-14(22-17)11-5-2-1-3-6-11/h1-10,15H,18H2. The van der Waals surface area contributed by atoms with Crippen molar-refractivity contribution in [2.75, 3.05) is 0 Å². The van der Waals surface area contributed by atoms with Gasteiger partial charge in [-0.3, -0.25) is 0 Å². The lowest BCUT2D eigenvalue weighted by atomic mass is 10.1. The molecule has 4 aromatic rings. The van der Waals surface area contributed by atoms with E-state index in [2.05, 4.69) is 34.2 Å². The molecule has 0 aliphatic heterocycles. The molecule has 108 valence electrons. The van der Waals surface area contributed by atoms with Crippen molar-refractivity contribution in [1.29, 1.82) is 0 Å². The van der Waals surface area contributed by atoms with Gasteiger partial charge in [0.15, 0.2) is 0 Å². The normalized spacial score (nSPS) is 12.6. The van der Waals surface area contributed by atoms with E-state index in [0.29, 0.717) is 0 Å². The number of nitrogens with zero attached hydrogens (tertiary/aromatic N) is 2. The lowest BCUT2D eigenvalue weighted by molar-refractivity contribution is 0.855. The minimum Gasteiger partial charge on any atom is -0.318 e. The smallest absolute Gasteiger partial charge is 0.116 e. The second-order valence-corrected chi connectivity index (χ2v) is 6.97. The maximum absolute atomic E-state index is 6.40. The Balaban J connectivity index is 1.85. The first-order valence-corrected chi connectivity index (χ1v) is 8.61. The van der Waals surface area contributed by atoms with Crippen LogP contribution in [0.3, 0.4) is 0 Å². The van der Waals surface area contributed by atoms with Crippen LogP contribution in [0, 0.1) is 0 Å². The predicted octanol–water partition coefficient (Wildman–Crippen LogP) is 4.47. The largest absolute Gasteiger partial charge is 0.318 e. The molecular weight excluding hydrogens is 310 g/mol. The molecule has 0 aliphatic rings. The van der Waals surface area contributed by atoms with Crippen LogP contribution >= 0.6 is 22.7 Å². The average Bonchev–Trinajstić information content (AvgIpc) is 3.24. The fourth-order valence-corrected chi connectivity index (χ4v) is 4.32. The number of hydrogen-bond acceptors (Lipinski definition) is 5. The topological polar surface area (TPSA) is 51.8 Å². The van der Waals surface area contributed by atoms with Crippen molar-refractivity contribution in [3.63, 3.8) is 0 Å². The summed E-state index contributed by atoms with van der Waals surface area (Å²) in [6, 6.07) is 16.3. The summed E-state index contributed by atoms with van der Waals surface area (Å²) in [6.07, 6.45) is 1.60. The lowest BCUT2D eigenvalue weighted by Crippen LogP contribution is -2.12. The summed E-state index contributed by atoms with van der Waals surface area (Å²) in [5.74, 6) is 0. The van der Waals surface area contributed by atoms with E-state index in [1.165, 1.54) is 10.4 Å². The molecular formula is C17H13N3S2. The number of aromatic nitrogens is 2. The maximum atomic E-state index is 6.40. The van der Waals surface area contributed by atoms with Crippen LogP contribution in [-0.2, 0) is 0 Å². The van der Waals surface area contributed by atoms with Gasteiger partial charge in [0.05, 0.1) is 22.0 Å². The number of thiophene rings is 2. The van der Waals surface area contributed by atoms with Crippen LogP contribution in [0.2, 0.25) is 0 Å². The Hall–Kier alpha value is -2.08. The van der Waals surface area contributed by atoms with E-state index >= 15 is 0 Å². The van der Waals surface area contributed by atoms with Crippen LogP contribution in [0.4, 0.5) is 0 Å². The predicted molar refractivity (Wildman–Crippen MR) is 93.2 cm³/mol. The van der Waals surface area contributed by atoms with Gasteiger partial charge in [0.2, 0.25) is 0 Å². The van der Waals surface area contributed by atoms with E-state index in [0.717, 1.165) is 20.8 Å². The molecule has 1 unspecified atom stereocenters. The van der Waals surface area contributed by atoms with Crippen molar-refractivity contribution in [2.24, 2.45) is 5.73 Å². The molecule has 0 saturated carbocycles. The van der Waals surface area contributed by atoms with Gasteiger partial charge in [-0.2, -0.15) is 0 Å². The summed E-state index contributed by atoms with van der Waals surface area (Å²) in [5, 5.41) is 2.04. The van der Waals surface area contributed by atoms with E-state index in [9.17, 15) is 0 Å². The molecule has 0 amide bonds. The van der Waals surface area contributed by atoms with Gasteiger partial charge < -0.3 is 5.73 Å². The average molecular weight is 323 g/mol. The monoisotopic (exact) mass is 323 g/mol. The molecule has 3 heterocycles. The van der Waals surface area contributed by atoms with E-state index < -0.39 is 0 Å². The number of nitrogens with two attached hydrogens (primary N) is 1. The molecule has 0 aliphatic carbocycles. The fraction of sp³-hybridized carbons (Fsp3) is 0.0588. The Kier molecular flexibility index (Phi) is 3.46. The van der Waals surface area contributed by atoms with Crippen LogP contribution in [0.25, 0.3) is 20.7 Å². The lowest BCUT2D eigenvalue weighted by Gasteiger charge is -2.09. The first-order chi connectivity index (χ1) is 10.8. The van der Waals surface area contributed by atoms with E-state index in [-0.39, 0.29) is 6.04 Å². The highest BCUT2D eigenvalue weighted by Gasteiger charge is 2.17. The third-order valence-corrected chi connectivity index (χ3v) is 5.69. The summed E-state index contributed by atoms with van der Waals surface area (Å²) in [5.41, 5.74) is 9.46. The SMILES string of the molecule is NC(c1cccs1)c1ncnc2cc(-c3ccccc3)sc12. The first-order valence-electron chi connectivity index (χ1n) is 6.92. The minimum atomic E-state index is -0.201. The van der Waals surface area contributed by atoms with E-state index in [1.54, 1.807) is 29.0 Å². The zero-order valence-corrected chi connectivity index (χ0v) is 13.3. The fourth-order valence-electron chi connectivity index (χ4n) is 2.44. The number of hydrogen-bond donors (Lipinski definition) is 1.